The van der Waals surface area contributed by atoms with E-state index in [1.54, 1.807) is 7.11 Å². The molecule has 0 fully saturated rings. The number of nitrogens with one attached hydrogen (secondary N) is 1. The molecule has 2 nitrogen and oxygen atoms in total. The molecule has 1 N–H and O–H groups in total. The first kappa shape index (κ1) is 13.0. The first-order valence-electron chi connectivity index (χ1n) is 5.82. The molecule has 0 saturated carbocycles. The number of hydrogen-bond acceptors (Lipinski definition) is 2. The van der Waals surface area contributed by atoms with Crippen LogP contribution in [0.25, 0.3) is 0 Å². The van der Waals surface area contributed by atoms with Gasteiger partial charge in [0.2, 0.25) is 0 Å². The quantitative estimate of drug-likeness (QED) is 0.905. The van der Waals surface area contributed by atoms with Crippen molar-refractivity contribution >= 4 is 21.6 Å². The highest BCUT2D eigenvalue weighted by molar-refractivity contribution is 9.10. The number of aryl methyl sites for hydroxylation is 1. The fourth-order valence-corrected chi connectivity index (χ4v) is 2.37. The Morgan fingerprint density at radius 1 is 1.17 bits per heavy atom. The molecule has 2 aromatic rings. The van der Waals surface area contributed by atoms with Crippen molar-refractivity contribution in [2.24, 2.45) is 0 Å². The van der Waals surface area contributed by atoms with Crippen molar-refractivity contribution in [3.05, 3.63) is 58.1 Å². The molecule has 0 aliphatic heterocycles. The minimum Gasteiger partial charge on any atom is -0.496 e. The summed E-state index contributed by atoms with van der Waals surface area (Å²) in [4.78, 5) is 0. The maximum Gasteiger partial charge on any atom is 0.133 e. The number of anilines is 1. The topological polar surface area (TPSA) is 21.3 Å². The van der Waals surface area contributed by atoms with Gasteiger partial charge in [-0.05, 0) is 58.2 Å². The Morgan fingerprint density at radius 2 is 2.00 bits per heavy atom. The molecule has 3 heteroatoms. The second-order valence-electron chi connectivity index (χ2n) is 4.19. The summed E-state index contributed by atoms with van der Waals surface area (Å²) in [6.45, 7) is 2.89. The molecule has 0 unspecified atom stereocenters. The predicted molar refractivity (Wildman–Crippen MR) is 79.2 cm³/mol. The van der Waals surface area contributed by atoms with Crippen LogP contribution in [0.3, 0.4) is 0 Å². The maximum absolute atomic E-state index is 5.21. The lowest BCUT2D eigenvalue weighted by Crippen LogP contribution is -1.99. The Morgan fingerprint density at radius 3 is 2.67 bits per heavy atom. The highest BCUT2D eigenvalue weighted by Gasteiger charge is 2.01. The van der Waals surface area contributed by atoms with Gasteiger partial charge in [0, 0.05) is 12.2 Å². The zero-order chi connectivity index (χ0) is 13.0. The SMILES string of the molecule is COc1ccc(CNc2cccc(C)c2)cc1Br. The van der Waals surface area contributed by atoms with E-state index in [-0.39, 0.29) is 0 Å². The molecule has 2 rings (SSSR count). The highest BCUT2D eigenvalue weighted by Crippen LogP contribution is 2.25. The third-order valence-electron chi connectivity index (χ3n) is 2.73. The molecule has 0 heterocycles. The third-order valence-corrected chi connectivity index (χ3v) is 3.35. The van der Waals surface area contributed by atoms with Crippen molar-refractivity contribution in [1.82, 2.24) is 0 Å². The molecule has 0 aromatic heterocycles. The van der Waals surface area contributed by atoms with E-state index in [9.17, 15) is 0 Å². The van der Waals surface area contributed by atoms with Crippen molar-refractivity contribution in [3.8, 4) is 5.75 Å². The van der Waals surface area contributed by atoms with Gasteiger partial charge in [-0.15, -0.1) is 0 Å². The third kappa shape index (κ3) is 3.26. The zero-order valence-corrected chi connectivity index (χ0v) is 12.1. The minimum atomic E-state index is 0.798. The van der Waals surface area contributed by atoms with Gasteiger partial charge in [-0.1, -0.05) is 18.2 Å². The van der Waals surface area contributed by atoms with Gasteiger partial charge in [-0.25, -0.2) is 0 Å². The Kier molecular flexibility index (Phi) is 4.26. The van der Waals surface area contributed by atoms with Crippen LogP contribution in [0.5, 0.6) is 5.75 Å². The fourth-order valence-electron chi connectivity index (χ4n) is 1.78. The van der Waals surface area contributed by atoms with E-state index < -0.39 is 0 Å². The second kappa shape index (κ2) is 5.91. The molecule has 18 heavy (non-hydrogen) atoms. The molecule has 0 atom stereocenters. The lowest BCUT2D eigenvalue weighted by molar-refractivity contribution is 0.412. The Balaban J connectivity index is 2.04. The molecular formula is C15H16BrNO. The summed E-state index contributed by atoms with van der Waals surface area (Å²) in [5.41, 5.74) is 3.61. The molecule has 0 aliphatic carbocycles. The standard InChI is InChI=1S/C15H16BrNO/c1-11-4-3-5-13(8-11)17-10-12-6-7-15(18-2)14(16)9-12/h3-9,17H,10H2,1-2H3. The predicted octanol–water partition coefficient (Wildman–Crippen LogP) is 4.38. The van der Waals surface area contributed by atoms with E-state index in [1.807, 2.05) is 6.07 Å². The molecule has 0 bridgehead atoms. The van der Waals surface area contributed by atoms with Crippen LogP contribution in [0.1, 0.15) is 11.1 Å². The van der Waals surface area contributed by atoms with Crippen molar-refractivity contribution < 1.29 is 4.74 Å². The van der Waals surface area contributed by atoms with Crippen LogP contribution in [0.15, 0.2) is 46.9 Å². The van der Waals surface area contributed by atoms with Crippen molar-refractivity contribution in [3.63, 3.8) is 0 Å². The van der Waals surface area contributed by atoms with E-state index >= 15 is 0 Å². The number of methoxy groups -OCH3 is 1. The number of benzene rings is 2. The number of halogens is 1. The number of ether oxygens (including phenoxy) is 1. The van der Waals surface area contributed by atoms with Crippen LogP contribution >= 0.6 is 15.9 Å². The second-order valence-corrected chi connectivity index (χ2v) is 5.05. The largest absolute Gasteiger partial charge is 0.496 e. The first-order chi connectivity index (χ1) is 8.69. The number of rotatable bonds is 4. The Labute approximate surface area is 116 Å². The van der Waals surface area contributed by atoms with Crippen LogP contribution in [0.2, 0.25) is 0 Å². The van der Waals surface area contributed by atoms with Gasteiger partial charge in [0.05, 0.1) is 11.6 Å². The van der Waals surface area contributed by atoms with E-state index in [2.05, 4.69) is 64.6 Å². The van der Waals surface area contributed by atoms with E-state index in [0.717, 1.165) is 22.5 Å². The van der Waals surface area contributed by atoms with Gasteiger partial charge in [0.1, 0.15) is 5.75 Å². The molecule has 0 spiro atoms. The molecule has 2 aromatic carbocycles. The maximum atomic E-state index is 5.21. The van der Waals surface area contributed by atoms with Crippen LogP contribution < -0.4 is 10.1 Å². The van der Waals surface area contributed by atoms with Crippen LogP contribution in [0, 0.1) is 6.92 Å². The first-order valence-corrected chi connectivity index (χ1v) is 6.61. The van der Waals surface area contributed by atoms with E-state index in [0.29, 0.717) is 0 Å². The lowest BCUT2D eigenvalue weighted by atomic mass is 10.2. The molecule has 94 valence electrons. The molecular weight excluding hydrogens is 290 g/mol. The van der Waals surface area contributed by atoms with Gasteiger partial charge >= 0.3 is 0 Å². The van der Waals surface area contributed by atoms with Crippen LogP contribution in [-0.2, 0) is 6.54 Å². The summed E-state index contributed by atoms with van der Waals surface area (Å²) in [6, 6.07) is 14.5. The molecule has 0 amide bonds. The van der Waals surface area contributed by atoms with Crippen LogP contribution in [-0.4, -0.2) is 7.11 Å². The summed E-state index contributed by atoms with van der Waals surface area (Å²) < 4.78 is 6.19. The average Bonchev–Trinajstić information content (AvgIpc) is 2.37. The van der Waals surface area contributed by atoms with Gasteiger partial charge in [-0.3, -0.25) is 0 Å². The van der Waals surface area contributed by atoms with Crippen molar-refractivity contribution in [2.45, 2.75) is 13.5 Å². The summed E-state index contributed by atoms with van der Waals surface area (Å²) in [5.74, 6) is 0.856. The zero-order valence-electron chi connectivity index (χ0n) is 10.5. The fraction of sp³-hybridized carbons (Fsp3) is 0.200. The summed E-state index contributed by atoms with van der Waals surface area (Å²) in [7, 11) is 1.67. The summed E-state index contributed by atoms with van der Waals surface area (Å²) in [5, 5.41) is 3.40. The molecule has 0 radical (unpaired) electrons. The normalized spacial score (nSPS) is 10.2. The molecule has 0 saturated heterocycles. The monoisotopic (exact) mass is 305 g/mol. The smallest absolute Gasteiger partial charge is 0.133 e. The summed E-state index contributed by atoms with van der Waals surface area (Å²) in [6.07, 6.45) is 0. The van der Waals surface area contributed by atoms with Crippen molar-refractivity contribution in [1.29, 1.82) is 0 Å². The Bertz CT molecular complexity index is 540. The van der Waals surface area contributed by atoms with Gasteiger partial charge in [-0.2, -0.15) is 0 Å². The lowest BCUT2D eigenvalue weighted by Gasteiger charge is -2.09. The van der Waals surface area contributed by atoms with Crippen molar-refractivity contribution in [2.75, 3.05) is 12.4 Å². The summed E-state index contributed by atoms with van der Waals surface area (Å²) >= 11 is 3.49. The van der Waals surface area contributed by atoms with Crippen LogP contribution in [0.4, 0.5) is 5.69 Å². The average molecular weight is 306 g/mol. The molecule has 0 aliphatic rings. The van der Waals surface area contributed by atoms with Gasteiger partial charge < -0.3 is 10.1 Å². The van der Waals surface area contributed by atoms with Gasteiger partial charge in [0.25, 0.3) is 0 Å². The van der Waals surface area contributed by atoms with E-state index in [4.69, 9.17) is 4.74 Å². The van der Waals surface area contributed by atoms with Gasteiger partial charge in [0.15, 0.2) is 0 Å². The number of hydrogen-bond donors (Lipinski definition) is 1. The Hall–Kier alpha value is -1.48. The minimum absolute atomic E-state index is 0.798. The van der Waals surface area contributed by atoms with E-state index in [1.165, 1.54) is 11.1 Å². The highest BCUT2D eigenvalue weighted by atomic mass is 79.9.